The van der Waals surface area contributed by atoms with Gasteiger partial charge in [0.15, 0.2) is 6.10 Å². The van der Waals surface area contributed by atoms with Crippen molar-refractivity contribution in [1.29, 1.82) is 0 Å². The van der Waals surface area contributed by atoms with Crippen LogP contribution in [0.2, 0.25) is 0 Å². The zero-order chi connectivity index (χ0) is 17.3. The van der Waals surface area contributed by atoms with E-state index in [1.54, 1.807) is 6.92 Å². The number of hydrogen-bond acceptors (Lipinski definition) is 4. The molecule has 0 bridgehead atoms. The van der Waals surface area contributed by atoms with Crippen molar-refractivity contribution >= 4 is 17.5 Å². The first-order chi connectivity index (χ1) is 11.5. The lowest BCUT2D eigenvalue weighted by Gasteiger charge is -2.33. The third kappa shape index (κ3) is 3.38. The molecule has 2 atom stereocenters. The lowest BCUT2D eigenvalue weighted by atomic mass is 10.1. The van der Waals surface area contributed by atoms with Crippen molar-refractivity contribution in [3.05, 3.63) is 23.8 Å². The van der Waals surface area contributed by atoms with Gasteiger partial charge in [-0.25, -0.2) is 0 Å². The normalized spacial score (nSPS) is 22.0. The van der Waals surface area contributed by atoms with Gasteiger partial charge in [-0.1, -0.05) is 18.9 Å². The fourth-order valence-electron chi connectivity index (χ4n) is 3.36. The number of nitrogens with two attached hydrogens (primary N) is 1. The Morgan fingerprint density at radius 2 is 2.12 bits per heavy atom. The van der Waals surface area contributed by atoms with Crippen LogP contribution < -0.4 is 20.7 Å². The van der Waals surface area contributed by atoms with Gasteiger partial charge >= 0.3 is 0 Å². The van der Waals surface area contributed by atoms with Crippen LogP contribution in [0.25, 0.3) is 0 Å². The molecule has 3 N–H and O–H groups in total. The van der Waals surface area contributed by atoms with Gasteiger partial charge in [0.05, 0.1) is 5.69 Å². The van der Waals surface area contributed by atoms with Crippen LogP contribution in [0.1, 0.15) is 51.1 Å². The highest BCUT2D eigenvalue weighted by Gasteiger charge is 2.33. The van der Waals surface area contributed by atoms with Crippen LogP contribution >= 0.6 is 0 Å². The minimum absolute atomic E-state index is 0.0123. The highest BCUT2D eigenvalue weighted by Crippen LogP contribution is 2.35. The summed E-state index contributed by atoms with van der Waals surface area (Å²) in [6, 6.07) is 5.63. The third-order valence-corrected chi connectivity index (χ3v) is 4.74. The third-order valence-electron chi connectivity index (χ3n) is 4.74. The number of rotatable bonds is 4. The van der Waals surface area contributed by atoms with Gasteiger partial charge in [-0.15, -0.1) is 0 Å². The number of amides is 2. The number of nitrogens with zero attached hydrogens (tertiary/aromatic N) is 1. The molecule has 1 aliphatic carbocycles. The number of benzene rings is 1. The summed E-state index contributed by atoms with van der Waals surface area (Å²) in [5.41, 5.74) is 7.46. The Bertz CT molecular complexity index is 638. The van der Waals surface area contributed by atoms with Gasteiger partial charge in [0.25, 0.3) is 5.91 Å². The summed E-state index contributed by atoms with van der Waals surface area (Å²) in [5, 5.41) is 3.03. The first-order valence-corrected chi connectivity index (χ1v) is 8.62. The van der Waals surface area contributed by atoms with Gasteiger partial charge in [-0.2, -0.15) is 0 Å². The summed E-state index contributed by atoms with van der Waals surface area (Å²) >= 11 is 0. The van der Waals surface area contributed by atoms with E-state index in [-0.39, 0.29) is 30.4 Å². The number of anilines is 1. The van der Waals surface area contributed by atoms with Gasteiger partial charge < -0.3 is 15.8 Å². The van der Waals surface area contributed by atoms with Crippen LogP contribution in [0.4, 0.5) is 5.69 Å². The van der Waals surface area contributed by atoms with Crippen molar-refractivity contribution in [1.82, 2.24) is 5.32 Å². The molecule has 2 aliphatic rings. The van der Waals surface area contributed by atoms with Crippen molar-refractivity contribution in [3.8, 4) is 5.75 Å². The number of ether oxygens (including phenoxy) is 1. The topological polar surface area (TPSA) is 84.7 Å². The SMILES string of the molecule is C[C@@H]1Oc2ccc([C@H](C)N)cc2N(CC(=O)NC2CCCC2)C1=O. The predicted molar refractivity (Wildman–Crippen MR) is 91.9 cm³/mol. The Morgan fingerprint density at radius 3 is 2.79 bits per heavy atom. The van der Waals surface area contributed by atoms with Crippen LogP contribution in [-0.4, -0.2) is 30.5 Å². The summed E-state index contributed by atoms with van der Waals surface area (Å²) in [7, 11) is 0. The Hall–Kier alpha value is -2.08. The summed E-state index contributed by atoms with van der Waals surface area (Å²) in [6.07, 6.45) is 3.74. The van der Waals surface area contributed by atoms with E-state index in [4.69, 9.17) is 10.5 Å². The fourth-order valence-corrected chi connectivity index (χ4v) is 3.36. The van der Waals surface area contributed by atoms with Crippen molar-refractivity contribution < 1.29 is 14.3 Å². The minimum Gasteiger partial charge on any atom is -0.479 e. The molecule has 24 heavy (non-hydrogen) atoms. The highest BCUT2D eigenvalue weighted by molar-refractivity contribution is 6.03. The van der Waals surface area contributed by atoms with E-state index >= 15 is 0 Å². The Kier molecular flexibility index (Phi) is 4.76. The smallest absolute Gasteiger partial charge is 0.268 e. The van der Waals surface area contributed by atoms with E-state index in [1.807, 2.05) is 25.1 Å². The molecule has 1 aromatic carbocycles. The van der Waals surface area contributed by atoms with Gasteiger partial charge in [0, 0.05) is 12.1 Å². The van der Waals surface area contributed by atoms with Crippen LogP contribution in [0.15, 0.2) is 18.2 Å². The lowest BCUT2D eigenvalue weighted by Crippen LogP contribution is -2.50. The van der Waals surface area contributed by atoms with Crippen molar-refractivity contribution in [2.45, 2.75) is 57.7 Å². The van der Waals surface area contributed by atoms with Crippen molar-refractivity contribution in [2.24, 2.45) is 5.73 Å². The molecule has 1 fully saturated rings. The number of carbonyl (C=O) groups is 2. The molecule has 130 valence electrons. The lowest BCUT2D eigenvalue weighted by molar-refractivity contribution is -0.128. The second-order valence-electron chi connectivity index (χ2n) is 6.75. The van der Waals surface area contributed by atoms with Gasteiger partial charge in [0.2, 0.25) is 5.91 Å². The first kappa shape index (κ1) is 16.8. The number of hydrogen-bond donors (Lipinski definition) is 2. The second kappa shape index (κ2) is 6.81. The van der Waals surface area contributed by atoms with Gasteiger partial charge in [0.1, 0.15) is 12.3 Å². The first-order valence-electron chi connectivity index (χ1n) is 8.62. The summed E-state index contributed by atoms with van der Waals surface area (Å²) < 4.78 is 5.66. The Morgan fingerprint density at radius 1 is 1.42 bits per heavy atom. The number of fused-ring (bicyclic) bond motifs is 1. The van der Waals surface area contributed by atoms with Crippen molar-refractivity contribution in [2.75, 3.05) is 11.4 Å². The number of carbonyl (C=O) groups excluding carboxylic acids is 2. The molecule has 2 amide bonds. The predicted octanol–water partition coefficient (Wildman–Crippen LogP) is 1.88. The quantitative estimate of drug-likeness (QED) is 0.882. The average molecular weight is 331 g/mol. The molecule has 6 nitrogen and oxygen atoms in total. The summed E-state index contributed by atoms with van der Waals surface area (Å²) in [5.74, 6) is 0.285. The maximum atomic E-state index is 12.5. The fraction of sp³-hybridized carbons (Fsp3) is 0.556. The molecular weight excluding hydrogens is 306 g/mol. The highest BCUT2D eigenvalue weighted by atomic mass is 16.5. The minimum atomic E-state index is -0.599. The zero-order valence-electron chi connectivity index (χ0n) is 14.2. The van der Waals surface area contributed by atoms with Crippen LogP contribution in [0, 0.1) is 0 Å². The van der Waals surface area contributed by atoms with Crippen LogP contribution in [-0.2, 0) is 9.59 Å². The summed E-state index contributed by atoms with van der Waals surface area (Å²) in [6.45, 7) is 3.60. The van der Waals surface area contributed by atoms with E-state index in [0.717, 1.165) is 31.2 Å². The Labute approximate surface area is 142 Å². The number of nitrogens with one attached hydrogen (secondary N) is 1. The average Bonchev–Trinajstić information content (AvgIpc) is 3.04. The maximum Gasteiger partial charge on any atom is 0.268 e. The van der Waals surface area contributed by atoms with E-state index in [0.29, 0.717) is 11.4 Å². The van der Waals surface area contributed by atoms with E-state index in [1.165, 1.54) is 4.90 Å². The molecule has 0 saturated heterocycles. The van der Waals surface area contributed by atoms with E-state index < -0.39 is 6.10 Å². The van der Waals surface area contributed by atoms with Crippen LogP contribution in [0.3, 0.4) is 0 Å². The van der Waals surface area contributed by atoms with Gasteiger partial charge in [-0.3, -0.25) is 14.5 Å². The molecule has 0 spiro atoms. The molecule has 1 saturated carbocycles. The standard InChI is InChI=1S/C18H25N3O3/c1-11(19)13-7-8-16-15(9-13)21(18(23)12(2)24-16)10-17(22)20-14-5-3-4-6-14/h7-9,11-12,14H,3-6,10,19H2,1-2H3,(H,20,22)/t11-,12-/m0/s1. The second-order valence-corrected chi connectivity index (χ2v) is 6.75. The molecule has 1 heterocycles. The maximum absolute atomic E-state index is 12.5. The van der Waals surface area contributed by atoms with Crippen molar-refractivity contribution in [3.63, 3.8) is 0 Å². The Balaban J connectivity index is 1.81. The molecule has 6 heteroatoms. The molecule has 1 aliphatic heterocycles. The monoisotopic (exact) mass is 331 g/mol. The molecule has 0 aromatic heterocycles. The van der Waals surface area contributed by atoms with Crippen LogP contribution in [0.5, 0.6) is 5.75 Å². The molecule has 0 radical (unpaired) electrons. The molecule has 3 rings (SSSR count). The largest absolute Gasteiger partial charge is 0.479 e. The van der Waals surface area contributed by atoms with E-state index in [9.17, 15) is 9.59 Å². The molecule has 1 aromatic rings. The van der Waals surface area contributed by atoms with Gasteiger partial charge in [-0.05, 0) is 44.4 Å². The summed E-state index contributed by atoms with van der Waals surface area (Å²) in [4.78, 5) is 26.4. The molecular formula is C18H25N3O3. The zero-order valence-corrected chi connectivity index (χ0v) is 14.2. The molecule has 0 unspecified atom stereocenters. The van der Waals surface area contributed by atoms with E-state index in [2.05, 4.69) is 5.32 Å².